The van der Waals surface area contributed by atoms with Crippen LogP contribution in [0, 0.1) is 5.82 Å². The Labute approximate surface area is 174 Å². The smallest absolute Gasteiger partial charge is 0.255 e. The zero-order valence-corrected chi connectivity index (χ0v) is 16.9. The molecule has 8 heteroatoms. The van der Waals surface area contributed by atoms with Crippen molar-refractivity contribution in [2.45, 2.75) is 19.9 Å². The maximum absolute atomic E-state index is 13.3. The van der Waals surface area contributed by atoms with Gasteiger partial charge in [-0.2, -0.15) is 0 Å². The molecule has 1 heterocycles. The molecule has 0 unspecified atom stereocenters. The first-order valence-corrected chi connectivity index (χ1v) is 9.83. The molecule has 0 atom stereocenters. The fourth-order valence-corrected chi connectivity index (χ4v) is 3.08. The lowest BCUT2D eigenvalue weighted by Gasteiger charge is -2.11. The number of hydrogen-bond donors (Lipinski definition) is 4. The number of halogens is 1. The summed E-state index contributed by atoms with van der Waals surface area (Å²) >= 11 is 0. The molecule has 7 nitrogen and oxygen atoms in total. The summed E-state index contributed by atoms with van der Waals surface area (Å²) in [4.78, 5) is 18.6. The van der Waals surface area contributed by atoms with E-state index in [0.29, 0.717) is 24.8 Å². The lowest BCUT2D eigenvalue weighted by Crippen LogP contribution is -2.38. The minimum Gasteiger partial charge on any atom is -0.484 e. The van der Waals surface area contributed by atoms with Crippen molar-refractivity contribution >= 4 is 22.8 Å². The van der Waals surface area contributed by atoms with E-state index < -0.39 is 5.91 Å². The normalized spacial score (nSPS) is 11.5. The minimum absolute atomic E-state index is 0.155. The van der Waals surface area contributed by atoms with Crippen LogP contribution >= 0.6 is 0 Å². The topological polar surface area (TPSA) is 105 Å². The highest BCUT2D eigenvalue weighted by Crippen LogP contribution is 2.19. The Morgan fingerprint density at radius 2 is 2.10 bits per heavy atom. The molecule has 3 aromatic rings. The SMILES string of the molecule is CCNC(=NCc1cccc(OCC(N)=O)c1)NCCc1c[nH]c2cc(F)ccc12. The molecular formula is C22H26FN5O2. The molecule has 2 aromatic carbocycles. The number of H-pyrrole nitrogens is 1. The molecule has 30 heavy (non-hydrogen) atoms. The number of guanidine groups is 1. The first-order valence-electron chi connectivity index (χ1n) is 9.83. The second-order valence-corrected chi connectivity index (χ2v) is 6.78. The van der Waals surface area contributed by atoms with E-state index in [9.17, 15) is 9.18 Å². The van der Waals surface area contributed by atoms with E-state index >= 15 is 0 Å². The predicted molar refractivity (Wildman–Crippen MR) is 116 cm³/mol. The van der Waals surface area contributed by atoms with Gasteiger partial charge in [-0.3, -0.25) is 4.79 Å². The molecule has 1 amide bonds. The molecule has 1 aromatic heterocycles. The van der Waals surface area contributed by atoms with E-state index in [4.69, 9.17) is 10.5 Å². The van der Waals surface area contributed by atoms with Gasteiger partial charge < -0.3 is 26.1 Å². The average Bonchev–Trinajstić information content (AvgIpc) is 3.12. The first kappa shape index (κ1) is 21.2. The fraction of sp³-hybridized carbons (Fsp3) is 0.273. The number of nitrogens with one attached hydrogen (secondary N) is 3. The molecule has 0 aliphatic carbocycles. The van der Waals surface area contributed by atoms with Crippen molar-refractivity contribution in [2.24, 2.45) is 10.7 Å². The highest BCUT2D eigenvalue weighted by Gasteiger charge is 2.06. The third kappa shape index (κ3) is 5.97. The molecule has 0 bridgehead atoms. The van der Waals surface area contributed by atoms with Gasteiger partial charge in [0, 0.05) is 30.2 Å². The summed E-state index contributed by atoms with van der Waals surface area (Å²) in [5, 5.41) is 7.56. The van der Waals surface area contributed by atoms with E-state index in [1.807, 2.05) is 31.3 Å². The zero-order valence-electron chi connectivity index (χ0n) is 16.9. The number of aliphatic imine (C=N–C) groups is 1. The Bertz CT molecular complexity index is 1030. The van der Waals surface area contributed by atoms with Gasteiger partial charge in [-0.05, 0) is 54.8 Å². The van der Waals surface area contributed by atoms with Gasteiger partial charge in [0.2, 0.25) is 0 Å². The number of primary amides is 1. The number of carbonyl (C=O) groups is 1. The number of ether oxygens (including phenoxy) is 1. The van der Waals surface area contributed by atoms with Gasteiger partial charge in [0.25, 0.3) is 5.91 Å². The van der Waals surface area contributed by atoms with Crippen molar-refractivity contribution in [1.82, 2.24) is 15.6 Å². The highest BCUT2D eigenvalue weighted by atomic mass is 19.1. The Balaban J connectivity index is 1.58. The maximum atomic E-state index is 13.3. The van der Waals surface area contributed by atoms with Crippen molar-refractivity contribution in [2.75, 3.05) is 19.7 Å². The van der Waals surface area contributed by atoms with Gasteiger partial charge in [-0.25, -0.2) is 9.38 Å². The molecule has 0 aliphatic heterocycles. The van der Waals surface area contributed by atoms with Crippen LogP contribution in [-0.4, -0.2) is 36.5 Å². The van der Waals surface area contributed by atoms with E-state index in [1.54, 1.807) is 12.1 Å². The summed E-state index contributed by atoms with van der Waals surface area (Å²) in [5.74, 6) is 0.513. The number of hydrogen-bond acceptors (Lipinski definition) is 3. The van der Waals surface area contributed by atoms with Crippen LogP contribution in [0.15, 0.2) is 53.7 Å². The van der Waals surface area contributed by atoms with Gasteiger partial charge in [-0.15, -0.1) is 0 Å². The largest absolute Gasteiger partial charge is 0.484 e. The van der Waals surface area contributed by atoms with E-state index in [1.165, 1.54) is 12.1 Å². The number of rotatable bonds is 9. The minimum atomic E-state index is -0.516. The molecule has 0 spiro atoms. The Morgan fingerprint density at radius 3 is 2.90 bits per heavy atom. The Kier molecular flexibility index (Phi) is 7.26. The second-order valence-electron chi connectivity index (χ2n) is 6.78. The van der Waals surface area contributed by atoms with E-state index in [0.717, 1.165) is 35.0 Å². The third-order valence-electron chi connectivity index (χ3n) is 4.46. The van der Waals surface area contributed by atoms with Crippen LogP contribution in [-0.2, 0) is 17.8 Å². The number of nitrogens with zero attached hydrogens (tertiary/aromatic N) is 1. The molecule has 0 saturated heterocycles. The second kappa shape index (κ2) is 10.3. The standard InChI is InChI=1S/C22H26FN5O2/c1-2-25-22(28-12-15-4-3-5-18(10-15)30-14-21(24)29)26-9-8-16-13-27-20-11-17(23)6-7-19(16)20/h3-7,10-11,13,27H,2,8-9,12,14H2,1H3,(H2,24,29)(H2,25,26,28). The molecule has 5 N–H and O–H groups in total. The monoisotopic (exact) mass is 411 g/mol. The molecule has 0 aliphatic rings. The van der Waals surface area contributed by atoms with E-state index in [2.05, 4.69) is 20.6 Å². The van der Waals surface area contributed by atoms with Crippen LogP contribution in [0.4, 0.5) is 4.39 Å². The van der Waals surface area contributed by atoms with Gasteiger partial charge in [0.1, 0.15) is 11.6 Å². The molecular weight excluding hydrogens is 385 g/mol. The van der Waals surface area contributed by atoms with Crippen molar-refractivity contribution in [3.05, 3.63) is 65.6 Å². The van der Waals surface area contributed by atoms with Gasteiger partial charge in [0.05, 0.1) is 6.54 Å². The molecule has 158 valence electrons. The number of aromatic nitrogens is 1. The summed E-state index contributed by atoms with van der Waals surface area (Å²) in [7, 11) is 0. The van der Waals surface area contributed by atoms with Gasteiger partial charge in [-0.1, -0.05) is 12.1 Å². The Morgan fingerprint density at radius 1 is 1.23 bits per heavy atom. The fourth-order valence-electron chi connectivity index (χ4n) is 3.08. The lowest BCUT2D eigenvalue weighted by molar-refractivity contribution is -0.119. The number of fused-ring (bicyclic) bond motifs is 1. The predicted octanol–water partition coefficient (Wildman–Crippen LogP) is 2.47. The summed E-state index contributed by atoms with van der Waals surface area (Å²) in [5.41, 5.74) is 7.97. The highest BCUT2D eigenvalue weighted by molar-refractivity contribution is 5.83. The maximum Gasteiger partial charge on any atom is 0.255 e. The summed E-state index contributed by atoms with van der Waals surface area (Å²) in [6, 6.07) is 12.2. The Hall–Kier alpha value is -3.55. The van der Waals surface area contributed by atoms with Crippen molar-refractivity contribution < 1.29 is 13.9 Å². The van der Waals surface area contributed by atoms with Crippen LogP contribution < -0.4 is 21.1 Å². The number of carbonyl (C=O) groups excluding carboxylic acids is 1. The first-order chi connectivity index (χ1) is 14.5. The molecule has 3 rings (SSSR count). The number of amides is 1. The van der Waals surface area contributed by atoms with Crippen molar-refractivity contribution in [1.29, 1.82) is 0 Å². The quantitative estimate of drug-likeness (QED) is 0.321. The van der Waals surface area contributed by atoms with E-state index in [-0.39, 0.29) is 12.4 Å². The average molecular weight is 411 g/mol. The third-order valence-corrected chi connectivity index (χ3v) is 4.46. The van der Waals surface area contributed by atoms with Crippen molar-refractivity contribution in [3.8, 4) is 5.75 Å². The zero-order chi connectivity index (χ0) is 21.3. The number of nitrogens with two attached hydrogens (primary N) is 1. The number of aromatic amines is 1. The van der Waals surface area contributed by atoms with Gasteiger partial charge >= 0.3 is 0 Å². The summed E-state index contributed by atoms with van der Waals surface area (Å²) < 4.78 is 18.7. The van der Waals surface area contributed by atoms with Crippen molar-refractivity contribution in [3.63, 3.8) is 0 Å². The molecule has 0 saturated carbocycles. The van der Waals surface area contributed by atoms with Crippen LogP contribution in [0.2, 0.25) is 0 Å². The number of benzene rings is 2. The van der Waals surface area contributed by atoms with Crippen LogP contribution in [0.3, 0.4) is 0 Å². The molecule has 0 fully saturated rings. The van der Waals surface area contributed by atoms with Crippen LogP contribution in [0.5, 0.6) is 5.75 Å². The van der Waals surface area contributed by atoms with Gasteiger partial charge in [0.15, 0.2) is 12.6 Å². The van der Waals surface area contributed by atoms with Crippen LogP contribution in [0.1, 0.15) is 18.1 Å². The van der Waals surface area contributed by atoms with Crippen LogP contribution in [0.25, 0.3) is 10.9 Å². The lowest BCUT2D eigenvalue weighted by atomic mass is 10.1. The summed E-state index contributed by atoms with van der Waals surface area (Å²) in [6.45, 7) is 3.72. The molecule has 0 radical (unpaired) electrons. The summed E-state index contributed by atoms with van der Waals surface area (Å²) in [6.07, 6.45) is 2.68.